The van der Waals surface area contributed by atoms with E-state index in [2.05, 4.69) is 24.6 Å². The molecule has 0 aliphatic heterocycles. The maximum atomic E-state index is 14.9. The Morgan fingerprint density at radius 1 is 1.12 bits per heavy atom. The number of hydrogen-bond acceptors (Lipinski definition) is 5. The van der Waals surface area contributed by atoms with Crippen molar-refractivity contribution in [3.8, 4) is 11.5 Å². The number of hydrogen-bond donors (Lipinski definition) is 0. The summed E-state index contributed by atoms with van der Waals surface area (Å²) in [4.78, 5) is 5.95. The highest BCUT2D eigenvalue weighted by Gasteiger charge is 2.24. The van der Waals surface area contributed by atoms with Crippen LogP contribution >= 0.6 is 11.6 Å². The van der Waals surface area contributed by atoms with Crippen molar-refractivity contribution in [1.82, 2.24) is 9.55 Å². The number of ether oxygens (including phenoxy) is 3. The van der Waals surface area contributed by atoms with Crippen molar-refractivity contribution in [1.29, 1.82) is 0 Å². The lowest BCUT2D eigenvalue weighted by molar-refractivity contribution is 0.0899. The Morgan fingerprint density at radius 3 is 2.33 bits per heavy atom. The molecule has 181 valence electrons. The molecule has 2 heterocycles. The topological polar surface area (TPSA) is 48.8 Å². The highest BCUT2D eigenvalue weighted by Crippen LogP contribution is 2.38. The van der Waals surface area contributed by atoms with E-state index in [9.17, 15) is 8.78 Å². The summed E-state index contributed by atoms with van der Waals surface area (Å²) >= 11 is 6.65. The highest BCUT2D eigenvalue weighted by molar-refractivity contribution is 6.76. The predicted molar refractivity (Wildman–Crippen MR) is 130 cm³/mol. The minimum atomic E-state index is -1.16. The van der Waals surface area contributed by atoms with E-state index >= 15 is 0 Å². The number of anilines is 1. The number of aromatic nitrogens is 2. The molecule has 1 aromatic carbocycles. The number of halogens is 3. The predicted octanol–water partition coefficient (Wildman–Crippen LogP) is 5.93. The number of rotatable bonds is 10. The van der Waals surface area contributed by atoms with E-state index in [1.807, 2.05) is 16.8 Å². The number of pyridine rings is 1. The first kappa shape index (κ1) is 25.3. The molecule has 0 aliphatic rings. The van der Waals surface area contributed by atoms with E-state index in [1.54, 1.807) is 13.2 Å². The van der Waals surface area contributed by atoms with Gasteiger partial charge in [0, 0.05) is 49.6 Å². The van der Waals surface area contributed by atoms with Crippen molar-refractivity contribution in [2.45, 2.75) is 39.0 Å². The van der Waals surface area contributed by atoms with Crippen LogP contribution in [0.2, 0.25) is 30.7 Å². The minimum Gasteiger partial charge on any atom is -0.493 e. The fraction of sp³-hybridized carbons (Fsp3) is 0.435. The summed E-state index contributed by atoms with van der Waals surface area (Å²) in [5.41, 5.74) is 1.06. The molecule has 0 atom stereocenters. The van der Waals surface area contributed by atoms with Gasteiger partial charge in [0.2, 0.25) is 0 Å². The number of methoxy groups -OCH3 is 2. The monoisotopic (exact) mass is 497 g/mol. The molecule has 0 unspecified atom stereocenters. The van der Waals surface area contributed by atoms with Crippen molar-refractivity contribution in [3.63, 3.8) is 0 Å². The molecule has 33 heavy (non-hydrogen) atoms. The average molecular weight is 498 g/mol. The fourth-order valence-electron chi connectivity index (χ4n) is 3.45. The summed E-state index contributed by atoms with van der Waals surface area (Å²) in [5.74, 6) is -1.85. The second kappa shape index (κ2) is 10.3. The van der Waals surface area contributed by atoms with Gasteiger partial charge >= 0.3 is 0 Å². The van der Waals surface area contributed by atoms with Gasteiger partial charge in [0.15, 0.2) is 23.1 Å². The third-order valence-corrected chi connectivity index (χ3v) is 7.51. The largest absolute Gasteiger partial charge is 0.493 e. The molecule has 0 saturated heterocycles. The zero-order valence-corrected chi connectivity index (χ0v) is 21.6. The Balaban J connectivity index is 1.83. The quantitative estimate of drug-likeness (QED) is 0.256. The SMILES string of the molecule is COc1cc(OC)c(F)c(N(C)Cc2cnc3c(ccn3COCC[Si-](C)(C)C)c2Cl)c1F. The Bertz CT molecular complexity index is 1110. The van der Waals surface area contributed by atoms with E-state index in [0.717, 1.165) is 11.4 Å². The molecule has 0 bridgehead atoms. The van der Waals surface area contributed by atoms with Gasteiger partial charge in [-0.15, -0.1) is 14.1 Å². The summed E-state index contributed by atoms with van der Waals surface area (Å²) in [5, 5.41) is 1.23. The minimum absolute atomic E-state index is 0.110. The summed E-state index contributed by atoms with van der Waals surface area (Å²) in [6.07, 6.45) is 3.49. The number of benzene rings is 1. The van der Waals surface area contributed by atoms with Gasteiger partial charge < -0.3 is 23.7 Å². The van der Waals surface area contributed by atoms with E-state index in [1.165, 1.54) is 25.2 Å². The van der Waals surface area contributed by atoms with Crippen molar-refractivity contribution in [3.05, 3.63) is 46.7 Å². The summed E-state index contributed by atoms with van der Waals surface area (Å²) in [6, 6.07) is 4.13. The van der Waals surface area contributed by atoms with Crippen LogP contribution in [0.3, 0.4) is 0 Å². The van der Waals surface area contributed by atoms with Gasteiger partial charge in [0.1, 0.15) is 18.1 Å². The normalized spacial score (nSPS) is 11.8. The van der Waals surface area contributed by atoms with Crippen molar-refractivity contribution in [2.24, 2.45) is 0 Å². The van der Waals surface area contributed by atoms with Gasteiger partial charge in [-0.05, 0) is 6.07 Å². The van der Waals surface area contributed by atoms with Crippen LogP contribution in [0.5, 0.6) is 11.5 Å². The van der Waals surface area contributed by atoms with Crippen LogP contribution in [-0.2, 0) is 18.0 Å². The third kappa shape index (κ3) is 5.59. The first-order chi connectivity index (χ1) is 15.6. The van der Waals surface area contributed by atoms with Gasteiger partial charge in [-0.25, -0.2) is 13.8 Å². The lowest BCUT2D eigenvalue weighted by Gasteiger charge is -2.26. The Labute approximate surface area is 199 Å². The van der Waals surface area contributed by atoms with Crippen LogP contribution in [0.1, 0.15) is 5.56 Å². The maximum Gasteiger partial charge on any atom is 0.191 e. The van der Waals surface area contributed by atoms with Crippen LogP contribution in [-0.4, -0.2) is 45.5 Å². The standard InChI is InChI=1S/C23H30ClF2N3O3Si/c1-28(22-20(25)17(30-2)11-18(31-3)21(22)26)13-15-12-27-23-16(19(15)24)7-8-29(23)14-32-9-10-33(4,5)6/h7-8,11-12H,9-10,13-14H2,1-6H3/q-1. The summed E-state index contributed by atoms with van der Waals surface area (Å²) in [6.45, 7) is 8.13. The van der Waals surface area contributed by atoms with Crippen LogP contribution in [0.4, 0.5) is 14.5 Å². The van der Waals surface area contributed by atoms with Crippen LogP contribution in [0.25, 0.3) is 11.0 Å². The molecule has 0 fully saturated rings. The maximum absolute atomic E-state index is 14.9. The van der Waals surface area contributed by atoms with Gasteiger partial charge in [-0.1, -0.05) is 11.6 Å². The lowest BCUT2D eigenvalue weighted by Crippen LogP contribution is -2.22. The first-order valence-electron chi connectivity index (χ1n) is 10.6. The van der Waals surface area contributed by atoms with Crippen LogP contribution in [0.15, 0.2) is 24.5 Å². The fourth-order valence-corrected chi connectivity index (χ4v) is 4.46. The van der Waals surface area contributed by atoms with E-state index < -0.39 is 19.7 Å². The number of fused-ring (bicyclic) bond motifs is 1. The second-order valence-electron chi connectivity index (χ2n) is 9.08. The summed E-state index contributed by atoms with van der Waals surface area (Å²) in [7, 11) is 3.04. The summed E-state index contributed by atoms with van der Waals surface area (Å²) < 4.78 is 47.5. The molecule has 3 rings (SSSR count). The molecule has 0 amide bonds. The molecule has 10 heteroatoms. The Kier molecular flexibility index (Phi) is 7.87. The first-order valence-corrected chi connectivity index (χ1v) is 14.7. The van der Waals surface area contributed by atoms with Crippen molar-refractivity contribution < 1.29 is 23.0 Å². The molecule has 2 aromatic heterocycles. The van der Waals surface area contributed by atoms with Gasteiger partial charge in [0.25, 0.3) is 0 Å². The molecular formula is C23H30ClF2N3O3Si-. The van der Waals surface area contributed by atoms with Crippen LogP contribution in [0, 0.1) is 11.6 Å². The van der Waals surface area contributed by atoms with E-state index in [-0.39, 0.29) is 23.7 Å². The van der Waals surface area contributed by atoms with Crippen molar-refractivity contribution >= 4 is 36.4 Å². The average Bonchev–Trinajstić information content (AvgIpc) is 3.16. The third-order valence-electron chi connectivity index (χ3n) is 5.36. The molecule has 0 spiro atoms. The molecule has 0 radical (unpaired) electrons. The second-order valence-corrected chi connectivity index (χ2v) is 15.1. The van der Waals surface area contributed by atoms with Gasteiger partial charge in [0.05, 0.1) is 19.2 Å². The Morgan fingerprint density at radius 2 is 1.76 bits per heavy atom. The van der Waals surface area contributed by atoms with Crippen molar-refractivity contribution in [2.75, 3.05) is 32.8 Å². The molecule has 0 N–H and O–H groups in total. The number of nitrogens with zero attached hydrogens (tertiary/aromatic N) is 3. The molecule has 6 nitrogen and oxygen atoms in total. The zero-order valence-electron chi connectivity index (χ0n) is 19.8. The van der Waals surface area contributed by atoms with Gasteiger partial charge in [-0.2, -0.15) is 19.6 Å². The van der Waals surface area contributed by atoms with E-state index in [0.29, 0.717) is 29.6 Å². The van der Waals surface area contributed by atoms with Crippen LogP contribution < -0.4 is 14.4 Å². The smallest absolute Gasteiger partial charge is 0.191 e. The lowest BCUT2D eigenvalue weighted by atomic mass is 10.2. The zero-order chi connectivity index (χ0) is 24.3. The molecular weight excluding hydrogens is 468 g/mol. The molecule has 0 aliphatic carbocycles. The van der Waals surface area contributed by atoms with E-state index in [4.69, 9.17) is 25.8 Å². The molecule has 0 saturated carbocycles. The Hall–Kier alpha value is -2.36. The highest BCUT2D eigenvalue weighted by atomic mass is 35.5. The van der Waals surface area contributed by atoms with Gasteiger partial charge in [-0.3, -0.25) is 0 Å². The molecule has 3 aromatic rings.